The first-order valence-corrected chi connectivity index (χ1v) is 6.31. The number of carbonyl (C=O) groups is 1. The van der Waals surface area contributed by atoms with Crippen molar-refractivity contribution in [3.8, 4) is 5.75 Å². The number of piperidine rings is 1. The molecule has 0 saturated carbocycles. The Morgan fingerprint density at radius 1 is 1.30 bits per heavy atom. The van der Waals surface area contributed by atoms with E-state index in [-0.39, 0.29) is 17.5 Å². The molecular formula is C13H15F3N2O2. The Morgan fingerprint density at radius 3 is 2.65 bits per heavy atom. The molecule has 0 bridgehead atoms. The molecule has 7 heteroatoms. The molecule has 1 aliphatic heterocycles. The van der Waals surface area contributed by atoms with Crippen LogP contribution in [0.2, 0.25) is 0 Å². The van der Waals surface area contributed by atoms with Crippen molar-refractivity contribution in [1.29, 1.82) is 0 Å². The van der Waals surface area contributed by atoms with Crippen LogP contribution in [0.1, 0.15) is 23.2 Å². The molecule has 0 unspecified atom stereocenters. The highest BCUT2D eigenvalue weighted by Gasteiger charge is 2.31. The van der Waals surface area contributed by atoms with Gasteiger partial charge >= 0.3 is 6.36 Å². The maximum atomic E-state index is 12.1. The number of nitrogens with one attached hydrogen (secondary N) is 2. The molecule has 1 fully saturated rings. The Morgan fingerprint density at radius 2 is 2.00 bits per heavy atom. The lowest BCUT2D eigenvalue weighted by Crippen LogP contribution is -2.42. The molecule has 1 aliphatic rings. The normalized spacial score (nSPS) is 16.8. The molecule has 1 amide bonds. The van der Waals surface area contributed by atoms with Crippen LogP contribution in [0.25, 0.3) is 0 Å². The Kier molecular flexibility index (Phi) is 4.49. The summed E-state index contributed by atoms with van der Waals surface area (Å²) in [5.74, 6) is -0.778. The first-order valence-electron chi connectivity index (χ1n) is 6.31. The number of ether oxygens (including phenoxy) is 1. The fraction of sp³-hybridized carbons (Fsp3) is 0.462. The van der Waals surface area contributed by atoms with Crippen molar-refractivity contribution in [2.24, 2.45) is 0 Å². The van der Waals surface area contributed by atoms with Crippen molar-refractivity contribution in [3.05, 3.63) is 29.8 Å². The van der Waals surface area contributed by atoms with E-state index < -0.39 is 12.1 Å². The number of carbonyl (C=O) groups excluding carboxylic acids is 1. The van der Waals surface area contributed by atoms with Crippen molar-refractivity contribution >= 4 is 5.91 Å². The van der Waals surface area contributed by atoms with E-state index in [1.807, 2.05) is 0 Å². The number of halogens is 3. The molecule has 0 aromatic heterocycles. The van der Waals surface area contributed by atoms with E-state index in [2.05, 4.69) is 15.4 Å². The minimum Gasteiger partial charge on any atom is -0.406 e. The van der Waals surface area contributed by atoms with Gasteiger partial charge in [0.25, 0.3) is 5.91 Å². The van der Waals surface area contributed by atoms with Crippen molar-refractivity contribution in [2.75, 3.05) is 13.1 Å². The Balaban J connectivity index is 2.00. The standard InChI is InChI=1S/C13H15F3N2O2/c14-13(15,16)20-11-3-1-2-9(8-11)12(19)18-10-4-6-17-7-5-10/h1-3,8,10,17H,4-7H2,(H,18,19). The van der Waals surface area contributed by atoms with Gasteiger partial charge in [-0.1, -0.05) is 6.07 Å². The van der Waals surface area contributed by atoms with Crippen LogP contribution in [0.15, 0.2) is 24.3 Å². The van der Waals surface area contributed by atoms with Crippen molar-refractivity contribution in [2.45, 2.75) is 25.2 Å². The second kappa shape index (κ2) is 6.13. The number of hydrogen-bond donors (Lipinski definition) is 2. The smallest absolute Gasteiger partial charge is 0.406 e. The summed E-state index contributed by atoms with van der Waals surface area (Å²) in [4.78, 5) is 12.0. The second-order valence-corrected chi connectivity index (χ2v) is 4.57. The van der Waals surface area contributed by atoms with Crippen LogP contribution in [-0.4, -0.2) is 31.4 Å². The highest BCUT2D eigenvalue weighted by molar-refractivity contribution is 5.94. The van der Waals surface area contributed by atoms with Gasteiger partial charge in [-0.2, -0.15) is 0 Å². The molecule has 1 aromatic rings. The highest BCUT2D eigenvalue weighted by atomic mass is 19.4. The zero-order valence-electron chi connectivity index (χ0n) is 10.7. The topological polar surface area (TPSA) is 50.4 Å². The molecule has 0 spiro atoms. The molecule has 4 nitrogen and oxygen atoms in total. The lowest BCUT2D eigenvalue weighted by molar-refractivity contribution is -0.274. The van der Waals surface area contributed by atoms with Gasteiger partial charge in [0, 0.05) is 11.6 Å². The molecular weight excluding hydrogens is 273 g/mol. The fourth-order valence-electron chi connectivity index (χ4n) is 2.07. The van der Waals surface area contributed by atoms with Crippen LogP contribution in [0.3, 0.4) is 0 Å². The van der Waals surface area contributed by atoms with Gasteiger partial charge in [-0.05, 0) is 44.1 Å². The van der Waals surface area contributed by atoms with Gasteiger partial charge in [0.2, 0.25) is 0 Å². The van der Waals surface area contributed by atoms with Crippen molar-refractivity contribution < 1.29 is 22.7 Å². The van der Waals surface area contributed by atoms with E-state index >= 15 is 0 Å². The molecule has 0 aliphatic carbocycles. The number of amides is 1. The minimum atomic E-state index is -4.76. The van der Waals surface area contributed by atoms with Gasteiger partial charge in [0.15, 0.2) is 0 Å². The fourth-order valence-corrected chi connectivity index (χ4v) is 2.07. The molecule has 110 valence electrons. The van der Waals surface area contributed by atoms with Gasteiger partial charge in [0.1, 0.15) is 5.75 Å². The van der Waals surface area contributed by atoms with E-state index in [4.69, 9.17) is 0 Å². The monoisotopic (exact) mass is 288 g/mol. The lowest BCUT2D eigenvalue weighted by Gasteiger charge is -2.23. The SMILES string of the molecule is O=C(NC1CCNCC1)c1cccc(OC(F)(F)F)c1. The van der Waals surface area contributed by atoms with Crippen LogP contribution in [0.5, 0.6) is 5.75 Å². The third kappa shape index (κ3) is 4.41. The highest BCUT2D eigenvalue weighted by Crippen LogP contribution is 2.23. The zero-order valence-corrected chi connectivity index (χ0v) is 10.7. The third-order valence-electron chi connectivity index (χ3n) is 3.00. The number of alkyl halides is 3. The van der Waals surface area contributed by atoms with Crippen molar-refractivity contribution in [1.82, 2.24) is 10.6 Å². The maximum absolute atomic E-state index is 12.1. The summed E-state index contributed by atoms with van der Waals surface area (Å²) in [5.41, 5.74) is 0.158. The van der Waals surface area contributed by atoms with Gasteiger partial charge in [0.05, 0.1) is 0 Å². The van der Waals surface area contributed by atoms with Gasteiger partial charge in [-0.3, -0.25) is 4.79 Å². The van der Waals surface area contributed by atoms with Gasteiger partial charge < -0.3 is 15.4 Å². The second-order valence-electron chi connectivity index (χ2n) is 4.57. The molecule has 1 aromatic carbocycles. The molecule has 2 N–H and O–H groups in total. The van der Waals surface area contributed by atoms with Crippen molar-refractivity contribution in [3.63, 3.8) is 0 Å². The Bertz CT molecular complexity index is 471. The molecule has 2 rings (SSSR count). The van der Waals surface area contributed by atoms with Crippen LogP contribution >= 0.6 is 0 Å². The molecule has 1 saturated heterocycles. The molecule has 0 radical (unpaired) electrons. The summed E-state index contributed by atoms with van der Waals surface area (Å²) < 4.78 is 40.1. The van der Waals surface area contributed by atoms with E-state index in [0.717, 1.165) is 38.1 Å². The maximum Gasteiger partial charge on any atom is 0.573 e. The third-order valence-corrected chi connectivity index (χ3v) is 3.00. The van der Waals surface area contributed by atoms with E-state index in [0.29, 0.717) is 0 Å². The first-order chi connectivity index (χ1) is 9.44. The minimum absolute atomic E-state index is 0.0518. The van der Waals surface area contributed by atoms with Crippen LogP contribution in [0, 0.1) is 0 Å². The summed E-state index contributed by atoms with van der Waals surface area (Å²) >= 11 is 0. The molecule has 0 atom stereocenters. The lowest BCUT2D eigenvalue weighted by atomic mass is 10.1. The Labute approximate surface area is 114 Å². The van der Waals surface area contributed by atoms with Gasteiger partial charge in [-0.15, -0.1) is 13.2 Å². The summed E-state index contributed by atoms with van der Waals surface area (Å²) in [6.45, 7) is 1.64. The zero-order chi connectivity index (χ0) is 14.6. The number of benzene rings is 1. The quantitative estimate of drug-likeness (QED) is 0.895. The van der Waals surface area contributed by atoms with E-state index in [9.17, 15) is 18.0 Å². The van der Waals surface area contributed by atoms with E-state index in [1.54, 1.807) is 0 Å². The summed E-state index contributed by atoms with van der Waals surface area (Å²) in [6.07, 6.45) is -3.14. The largest absolute Gasteiger partial charge is 0.573 e. The molecule has 1 heterocycles. The molecule has 20 heavy (non-hydrogen) atoms. The van der Waals surface area contributed by atoms with Crippen LogP contribution in [0.4, 0.5) is 13.2 Å². The summed E-state index contributed by atoms with van der Waals surface area (Å²) in [6, 6.07) is 5.12. The average molecular weight is 288 g/mol. The summed E-state index contributed by atoms with van der Waals surface area (Å²) in [5, 5.41) is 5.98. The van der Waals surface area contributed by atoms with Gasteiger partial charge in [-0.25, -0.2) is 0 Å². The van der Waals surface area contributed by atoms with Crippen LogP contribution < -0.4 is 15.4 Å². The van der Waals surface area contributed by atoms with E-state index in [1.165, 1.54) is 12.1 Å². The number of rotatable bonds is 3. The van der Waals surface area contributed by atoms with Crippen LogP contribution in [-0.2, 0) is 0 Å². The predicted molar refractivity (Wildman–Crippen MR) is 66.5 cm³/mol. The average Bonchev–Trinajstić information content (AvgIpc) is 2.38. The Hall–Kier alpha value is -1.76. The first kappa shape index (κ1) is 14.6. The number of hydrogen-bond acceptors (Lipinski definition) is 3. The summed E-state index contributed by atoms with van der Waals surface area (Å²) in [7, 11) is 0. The predicted octanol–water partition coefficient (Wildman–Crippen LogP) is 2.07.